The van der Waals surface area contributed by atoms with Crippen molar-refractivity contribution in [3.05, 3.63) is 21.8 Å². The van der Waals surface area contributed by atoms with Crippen molar-refractivity contribution in [2.75, 3.05) is 5.73 Å². The second-order valence-electron chi connectivity index (χ2n) is 2.56. The number of aromatic nitrogens is 1. The third-order valence-corrected chi connectivity index (χ3v) is 2.32. The second kappa shape index (κ2) is 3.97. The highest BCUT2D eigenvalue weighted by Gasteiger charge is 2.06. The lowest BCUT2D eigenvalue weighted by Crippen LogP contribution is -1.95. The molecule has 0 aromatic carbocycles. The first-order valence-electron chi connectivity index (χ1n) is 3.75. The molecule has 4 heteroatoms. The fraction of sp³-hybridized carbons (Fsp3) is 0.375. The molecule has 0 aliphatic heterocycles. The van der Waals surface area contributed by atoms with Gasteiger partial charge in [-0.3, -0.25) is 0 Å². The third-order valence-electron chi connectivity index (χ3n) is 1.53. The molecular formula is C8H10Cl2N2. The zero-order chi connectivity index (χ0) is 9.14. The van der Waals surface area contributed by atoms with Gasteiger partial charge in [-0.15, -0.1) is 0 Å². The lowest BCUT2D eigenvalue weighted by atomic mass is 10.1. The average molecular weight is 205 g/mol. The standard InChI is InChI=1S/C8H10Cl2N2/c1-2-3-5-4-6(11)12-8(10)7(5)9/h4H,2-3H2,1H3,(H2,11,12). The molecule has 0 atom stereocenters. The minimum absolute atomic E-state index is 0.292. The third kappa shape index (κ3) is 2.02. The van der Waals surface area contributed by atoms with E-state index in [1.165, 1.54) is 0 Å². The highest BCUT2D eigenvalue weighted by Crippen LogP contribution is 2.26. The fourth-order valence-corrected chi connectivity index (χ4v) is 1.43. The van der Waals surface area contributed by atoms with Crippen LogP contribution in [-0.4, -0.2) is 4.98 Å². The van der Waals surface area contributed by atoms with Crippen LogP contribution in [0.2, 0.25) is 10.2 Å². The average Bonchev–Trinajstić information content (AvgIpc) is 2.00. The number of hydrogen-bond acceptors (Lipinski definition) is 2. The minimum Gasteiger partial charge on any atom is -0.384 e. The maximum atomic E-state index is 5.89. The van der Waals surface area contributed by atoms with E-state index in [1.807, 2.05) is 0 Å². The van der Waals surface area contributed by atoms with E-state index in [2.05, 4.69) is 11.9 Å². The van der Waals surface area contributed by atoms with Gasteiger partial charge in [-0.1, -0.05) is 36.5 Å². The molecule has 0 radical (unpaired) electrons. The lowest BCUT2D eigenvalue weighted by Gasteiger charge is -2.04. The van der Waals surface area contributed by atoms with Crippen molar-refractivity contribution in [3.8, 4) is 0 Å². The summed E-state index contributed by atoms with van der Waals surface area (Å²) in [5.41, 5.74) is 6.47. The molecular weight excluding hydrogens is 195 g/mol. The van der Waals surface area contributed by atoms with E-state index < -0.39 is 0 Å². The van der Waals surface area contributed by atoms with Gasteiger partial charge in [0.15, 0.2) is 0 Å². The Bertz CT molecular complexity index is 287. The SMILES string of the molecule is CCCc1cc(N)nc(Cl)c1Cl. The predicted molar refractivity (Wildman–Crippen MR) is 52.7 cm³/mol. The summed E-state index contributed by atoms with van der Waals surface area (Å²) in [6.45, 7) is 2.07. The Kier molecular flexibility index (Phi) is 3.18. The predicted octanol–water partition coefficient (Wildman–Crippen LogP) is 2.92. The van der Waals surface area contributed by atoms with Crippen LogP contribution in [0.25, 0.3) is 0 Å². The normalized spacial score (nSPS) is 10.2. The first-order chi connectivity index (χ1) is 5.65. The van der Waals surface area contributed by atoms with Gasteiger partial charge in [-0.25, -0.2) is 4.98 Å². The Morgan fingerprint density at radius 3 is 2.75 bits per heavy atom. The fourth-order valence-electron chi connectivity index (χ4n) is 1.02. The Morgan fingerprint density at radius 2 is 2.17 bits per heavy atom. The van der Waals surface area contributed by atoms with Gasteiger partial charge in [-0.05, 0) is 18.1 Å². The molecule has 1 rings (SSSR count). The number of nitrogen functional groups attached to an aromatic ring is 1. The molecule has 2 nitrogen and oxygen atoms in total. The molecule has 1 aromatic rings. The van der Waals surface area contributed by atoms with Gasteiger partial charge >= 0.3 is 0 Å². The van der Waals surface area contributed by atoms with Crippen molar-refractivity contribution in [3.63, 3.8) is 0 Å². The van der Waals surface area contributed by atoms with Crippen molar-refractivity contribution in [1.82, 2.24) is 4.98 Å². The van der Waals surface area contributed by atoms with Crippen LogP contribution in [0.1, 0.15) is 18.9 Å². The molecule has 0 spiro atoms. The molecule has 1 heterocycles. The van der Waals surface area contributed by atoms with E-state index in [9.17, 15) is 0 Å². The number of pyridine rings is 1. The molecule has 0 saturated heterocycles. The van der Waals surface area contributed by atoms with Crippen LogP contribution in [0.15, 0.2) is 6.07 Å². The van der Waals surface area contributed by atoms with E-state index in [0.29, 0.717) is 16.0 Å². The Hall–Kier alpha value is -0.470. The topological polar surface area (TPSA) is 38.9 Å². The first-order valence-corrected chi connectivity index (χ1v) is 4.51. The van der Waals surface area contributed by atoms with Crippen molar-refractivity contribution < 1.29 is 0 Å². The van der Waals surface area contributed by atoms with Gasteiger partial charge in [0.05, 0.1) is 5.02 Å². The smallest absolute Gasteiger partial charge is 0.150 e. The summed E-state index contributed by atoms with van der Waals surface area (Å²) >= 11 is 11.6. The summed E-state index contributed by atoms with van der Waals surface area (Å²) in [7, 11) is 0. The molecule has 2 N–H and O–H groups in total. The lowest BCUT2D eigenvalue weighted by molar-refractivity contribution is 0.919. The molecule has 1 aromatic heterocycles. The molecule has 66 valence electrons. The van der Waals surface area contributed by atoms with Gasteiger partial charge in [0.1, 0.15) is 11.0 Å². The van der Waals surface area contributed by atoms with Crippen LogP contribution in [0.3, 0.4) is 0 Å². The minimum atomic E-state index is 0.292. The molecule has 0 bridgehead atoms. The Morgan fingerprint density at radius 1 is 1.50 bits per heavy atom. The van der Waals surface area contributed by atoms with E-state index >= 15 is 0 Å². The number of aryl methyl sites for hydroxylation is 1. The summed E-state index contributed by atoms with van der Waals surface area (Å²) in [5.74, 6) is 0.424. The van der Waals surface area contributed by atoms with Crippen molar-refractivity contribution in [1.29, 1.82) is 0 Å². The summed E-state index contributed by atoms with van der Waals surface area (Å²) in [5, 5.41) is 0.813. The summed E-state index contributed by atoms with van der Waals surface area (Å²) < 4.78 is 0. The summed E-state index contributed by atoms with van der Waals surface area (Å²) in [6.07, 6.45) is 1.89. The van der Waals surface area contributed by atoms with Crippen LogP contribution < -0.4 is 5.73 Å². The largest absolute Gasteiger partial charge is 0.384 e. The molecule has 0 fully saturated rings. The highest BCUT2D eigenvalue weighted by molar-refractivity contribution is 6.41. The zero-order valence-electron chi connectivity index (χ0n) is 6.77. The molecule has 0 amide bonds. The highest BCUT2D eigenvalue weighted by atomic mass is 35.5. The van der Waals surface area contributed by atoms with Gasteiger partial charge in [0.25, 0.3) is 0 Å². The Balaban J connectivity index is 3.09. The van der Waals surface area contributed by atoms with E-state index in [-0.39, 0.29) is 0 Å². The number of hydrogen-bond donors (Lipinski definition) is 1. The van der Waals surface area contributed by atoms with Gasteiger partial charge < -0.3 is 5.73 Å². The molecule has 12 heavy (non-hydrogen) atoms. The number of nitrogens with zero attached hydrogens (tertiary/aromatic N) is 1. The maximum absolute atomic E-state index is 5.89. The van der Waals surface area contributed by atoms with Gasteiger partial charge in [0, 0.05) is 0 Å². The summed E-state index contributed by atoms with van der Waals surface area (Å²) in [4.78, 5) is 3.83. The maximum Gasteiger partial charge on any atom is 0.150 e. The zero-order valence-corrected chi connectivity index (χ0v) is 8.28. The molecule has 0 saturated carbocycles. The quantitative estimate of drug-likeness (QED) is 0.753. The van der Waals surface area contributed by atoms with E-state index in [1.54, 1.807) is 6.07 Å². The van der Waals surface area contributed by atoms with Crippen LogP contribution in [0.5, 0.6) is 0 Å². The number of rotatable bonds is 2. The van der Waals surface area contributed by atoms with Crippen LogP contribution in [0.4, 0.5) is 5.82 Å². The first kappa shape index (κ1) is 9.62. The number of anilines is 1. The molecule has 0 aliphatic carbocycles. The summed E-state index contributed by atoms with van der Waals surface area (Å²) in [6, 6.07) is 1.76. The van der Waals surface area contributed by atoms with Crippen molar-refractivity contribution in [2.45, 2.75) is 19.8 Å². The Labute approximate surface area is 81.7 Å². The van der Waals surface area contributed by atoms with Gasteiger partial charge in [0.2, 0.25) is 0 Å². The van der Waals surface area contributed by atoms with Gasteiger partial charge in [-0.2, -0.15) is 0 Å². The second-order valence-corrected chi connectivity index (χ2v) is 3.30. The van der Waals surface area contributed by atoms with Crippen molar-refractivity contribution >= 4 is 29.0 Å². The monoisotopic (exact) mass is 204 g/mol. The van der Waals surface area contributed by atoms with E-state index in [4.69, 9.17) is 28.9 Å². The number of halogens is 2. The van der Waals surface area contributed by atoms with Crippen molar-refractivity contribution in [2.24, 2.45) is 0 Å². The molecule has 0 aliphatic rings. The molecule has 0 unspecified atom stereocenters. The van der Waals surface area contributed by atoms with E-state index in [0.717, 1.165) is 18.4 Å². The van der Waals surface area contributed by atoms with Crippen LogP contribution in [0, 0.1) is 0 Å². The van der Waals surface area contributed by atoms with Crippen LogP contribution in [-0.2, 0) is 6.42 Å². The number of nitrogens with two attached hydrogens (primary N) is 1. The van der Waals surface area contributed by atoms with Crippen LogP contribution >= 0.6 is 23.2 Å².